The molecule has 1 saturated carbocycles. The van der Waals surface area contributed by atoms with Crippen molar-refractivity contribution in [3.63, 3.8) is 0 Å². The average Bonchev–Trinajstić information content (AvgIpc) is 2.36. The molecule has 0 aromatic heterocycles. The van der Waals surface area contributed by atoms with Gasteiger partial charge in [-0.2, -0.15) is 0 Å². The lowest BCUT2D eigenvalue weighted by atomic mass is 9.81. The first-order valence-corrected chi connectivity index (χ1v) is 7.98. The maximum Gasteiger partial charge on any atom is 0.0950 e. The third-order valence-corrected chi connectivity index (χ3v) is 4.48. The summed E-state index contributed by atoms with van der Waals surface area (Å²) in [5.74, 6) is 1.52. The van der Waals surface area contributed by atoms with E-state index < -0.39 is 0 Å². The van der Waals surface area contributed by atoms with Gasteiger partial charge in [-0.3, -0.25) is 0 Å². The Bertz CT molecular complexity index is 382. The molecule has 106 valence electrons. The molecule has 1 fully saturated rings. The minimum Gasteiger partial charge on any atom is -0.369 e. The molecule has 1 aromatic carbocycles. The third kappa shape index (κ3) is 4.30. The Hall–Kier alpha value is -0.380. The molecular weight excluding hydrogens is 302 g/mol. The molecule has 3 atom stereocenters. The molecule has 3 unspecified atom stereocenters. The van der Waals surface area contributed by atoms with Gasteiger partial charge in [0, 0.05) is 11.0 Å². The van der Waals surface area contributed by atoms with Gasteiger partial charge in [0.25, 0.3) is 0 Å². The monoisotopic (exact) mass is 325 g/mol. The quantitative estimate of drug-likeness (QED) is 0.896. The molecule has 2 N–H and O–H groups in total. The summed E-state index contributed by atoms with van der Waals surface area (Å²) in [6.07, 6.45) is 4.03. The Morgan fingerprint density at radius 3 is 2.26 bits per heavy atom. The van der Waals surface area contributed by atoms with Crippen LogP contribution in [0, 0.1) is 11.8 Å². The lowest BCUT2D eigenvalue weighted by Gasteiger charge is -2.33. The molecule has 1 aliphatic rings. The zero-order chi connectivity index (χ0) is 13.8. The molecule has 0 amide bonds. The first kappa shape index (κ1) is 15.0. The third-order valence-electron chi connectivity index (χ3n) is 3.95. The Morgan fingerprint density at radius 1 is 1.16 bits per heavy atom. The van der Waals surface area contributed by atoms with Crippen LogP contribution in [0.4, 0.5) is 0 Å². The second-order valence-corrected chi connectivity index (χ2v) is 6.87. The van der Waals surface area contributed by atoms with Crippen molar-refractivity contribution in [3.05, 3.63) is 34.3 Å². The minimum absolute atomic E-state index is 0.0237. The van der Waals surface area contributed by atoms with E-state index in [1.54, 1.807) is 0 Å². The van der Waals surface area contributed by atoms with Crippen LogP contribution in [-0.2, 0) is 4.74 Å². The largest absolute Gasteiger partial charge is 0.369 e. The number of benzene rings is 1. The van der Waals surface area contributed by atoms with Crippen molar-refractivity contribution in [2.45, 2.75) is 45.3 Å². The van der Waals surface area contributed by atoms with E-state index in [-0.39, 0.29) is 6.10 Å². The van der Waals surface area contributed by atoms with Gasteiger partial charge >= 0.3 is 0 Å². The maximum atomic E-state index is 6.27. The van der Waals surface area contributed by atoms with Crippen LogP contribution < -0.4 is 5.73 Å². The molecule has 0 heterocycles. The molecule has 1 aromatic rings. The van der Waals surface area contributed by atoms with Crippen LogP contribution in [0.5, 0.6) is 0 Å². The van der Waals surface area contributed by atoms with E-state index in [4.69, 9.17) is 10.5 Å². The van der Waals surface area contributed by atoms with Crippen molar-refractivity contribution in [2.24, 2.45) is 17.6 Å². The van der Waals surface area contributed by atoms with Gasteiger partial charge in [0.15, 0.2) is 0 Å². The van der Waals surface area contributed by atoms with Gasteiger partial charge in [0.1, 0.15) is 0 Å². The van der Waals surface area contributed by atoms with Crippen molar-refractivity contribution < 1.29 is 4.74 Å². The second kappa shape index (κ2) is 6.87. The zero-order valence-corrected chi connectivity index (χ0v) is 13.4. The van der Waals surface area contributed by atoms with Crippen molar-refractivity contribution in [3.8, 4) is 0 Å². The Morgan fingerprint density at radius 2 is 1.74 bits per heavy atom. The van der Waals surface area contributed by atoms with Crippen LogP contribution in [0.3, 0.4) is 0 Å². The molecule has 0 saturated heterocycles. The fourth-order valence-corrected chi connectivity index (χ4v) is 3.43. The highest BCUT2D eigenvalue weighted by Crippen LogP contribution is 2.33. The standard InChI is InChI=1S/C16H24BrNO/c1-11-7-12(2)9-15(8-11)19-16(10-18)13-3-5-14(17)6-4-13/h3-6,11-12,15-16H,7-10,18H2,1-2H3. The van der Waals surface area contributed by atoms with Crippen molar-refractivity contribution in [1.82, 2.24) is 0 Å². The average molecular weight is 326 g/mol. The summed E-state index contributed by atoms with van der Waals surface area (Å²) in [6.45, 7) is 5.19. The van der Waals surface area contributed by atoms with E-state index in [9.17, 15) is 0 Å². The SMILES string of the molecule is CC1CC(C)CC(OC(CN)c2ccc(Br)cc2)C1. The summed E-state index contributed by atoms with van der Waals surface area (Å²) in [5, 5.41) is 0. The maximum absolute atomic E-state index is 6.27. The zero-order valence-electron chi connectivity index (χ0n) is 11.8. The molecule has 1 aliphatic carbocycles. The Balaban J connectivity index is 2.00. The van der Waals surface area contributed by atoms with Gasteiger partial charge in [-0.25, -0.2) is 0 Å². The lowest BCUT2D eigenvalue weighted by molar-refractivity contribution is -0.0466. The molecule has 2 rings (SSSR count). The van der Waals surface area contributed by atoms with Crippen molar-refractivity contribution in [1.29, 1.82) is 0 Å². The van der Waals surface area contributed by atoms with E-state index in [0.29, 0.717) is 12.6 Å². The second-order valence-electron chi connectivity index (χ2n) is 5.95. The number of hydrogen-bond donors (Lipinski definition) is 1. The highest BCUT2D eigenvalue weighted by Gasteiger charge is 2.26. The topological polar surface area (TPSA) is 35.2 Å². The highest BCUT2D eigenvalue weighted by atomic mass is 79.9. The lowest BCUT2D eigenvalue weighted by Crippen LogP contribution is -2.29. The molecule has 0 spiro atoms. The van der Waals surface area contributed by atoms with Crippen LogP contribution in [0.2, 0.25) is 0 Å². The van der Waals surface area contributed by atoms with E-state index >= 15 is 0 Å². The minimum atomic E-state index is 0.0237. The van der Waals surface area contributed by atoms with Crippen LogP contribution in [-0.4, -0.2) is 12.6 Å². The van der Waals surface area contributed by atoms with Gasteiger partial charge < -0.3 is 10.5 Å². The summed E-state index contributed by atoms with van der Waals surface area (Å²) in [5.41, 5.74) is 7.07. The molecule has 3 heteroatoms. The molecule has 0 bridgehead atoms. The van der Waals surface area contributed by atoms with Crippen LogP contribution in [0.25, 0.3) is 0 Å². The van der Waals surface area contributed by atoms with Gasteiger partial charge in [-0.05, 0) is 48.8 Å². The summed E-state index contributed by atoms with van der Waals surface area (Å²) in [6, 6.07) is 8.29. The van der Waals surface area contributed by atoms with E-state index in [0.717, 1.165) is 29.2 Å². The Labute approximate surface area is 124 Å². The molecule has 0 radical (unpaired) electrons. The number of hydrogen-bond acceptors (Lipinski definition) is 2. The van der Waals surface area contributed by atoms with Gasteiger partial charge in [-0.15, -0.1) is 0 Å². The predicted molar refractivity (Wildman–Crippen MR) is 83.0 cm³/mol. The van der Waals surface area contributed by atoms with E-state index in [1.807, 2.05) is 12.1 Å². The number of nitrogens with two attached hydrogens (primary N) is 1. The molecule has 0 aliphatic heterocycles. The predicted octanol–water partition coefficient (Wildman–Crippen LogP) is 4.29. The fraction of sp³-hybridized carbons (Fsp3) is 0.625. The number of ether oxygens (including phenoxy) is 1. The van der Waals surface area contributed by atoms with E-state index in [2.05, 4.69) is 41.9 Å². The molecule has 2 nitrogen and oxygen atoms in total. The molecular formula is C16H24BrNO. The normalized spacial score (nSPS) is 29.2. The van der Waals surface area contributed by atoms with Crippen LogP contribution >= 0.6 is 15.9 Å². The van der Waals surface area contributed by atoms with Gasteiger partial charge in [-0.1, -0.05) is 41.9 Å². The first-order chi connectivity index (χ1) is 9.08. The molecule has 19 heavy (non-hydrogen) atoms. The van der Waals surface area contributed by atoms with Crippen molar-refractivity contribution >= 4 is 15.9 Å². The smallest absolute Gasteiger partial charge is 0.0950 e. The fourth-order valence-electron chi connectivity index (χ4n) is 3.16. The number of rotatable bonds is 4. The van der Waals surface area contributed by atoms with Crippen LogP contribution in [0.1, 0.15) is 44.8 Å². The summed E-state index contributed by atoms with van der Waals surface area (Å²) < 4.78 is 7.36. The van der Waals surface area contributed by atoms with Crippen molar-refractivity contribution in [2.75, 3.05) is 6.54 Å². The van der Waals surface area contributed by atoms with Gasteiger partial charge in [0.2, 0.25) is 0 Å². The first-order valence-electron chi connectivity index (χ1n) is 7.19. The summed E-state index contributed by atoms with van der Waals surface area (Å²) >= 11 is 3.46. The highest BCUT2D eigenvalue weighted by molar-refractivity contribution is 9.10. The van der Waals surface area contributed by atoms with Crippen LogP contribution in [0.15, 0.2) is 28.7 Å². The Kier molecular flexibility index (Phi) is 5.43. The summed E-state index contributed by atoms with van der Waals surface area (Å²) in [4.78, 5) is 0. The number of halogens is 1. The van der Waals surface area contributed by atoms with Gasteiger partial charge in [0.05, 0.1) is 12.2 Å². The summed E-state index contributed by atoms with van der Waals surface area (Å²) in [7, 11) is 0. The van der Waals surface area contributed by atoms with E-state index in [1.165, 1.54) is 12.0 Å².